The van der Waals surface area contributed by atoms with Gasteiger partial charge in [0.1, 0.15) is 0 Å². The first kappa shape index (κ1) is 14.3. The Morgan fingerprint density at radius 3 is 2.53 bits per heavy atom. The smallest absolute Gasteiger partial charge is 0.338 e. The number of likely N-dealkylation sites (N-methyl/N-ethyl adjacent to an activating group) is 1. The second-order valence-corrected chi connectivity index (χ2v) is 4.31. The summed E-state index contributed by atoms with van der Waals surface area (Å²) < 4.78 is 4.49. The summed E-state index contributed by atoms with van der Waals surface area (Å²) in [6.07, 6.45) is 0. The van der Waals surface area contributed by atoms with Gasteiger partial charge in [-0.15, -0.1) is 0 Å². The normalized spacial score (nSPS) is 17.3. The Morgan fingerprint density at radius 2 is 2.13 bits per heavy atom. The number of nitrogens with one attached hydrogen (secondary N) is 1. The van der Waals surface area contributed by atoms with Crippen LogP contribution in [0.3, 0.4) is 0 Å². The molecule has 0 fully saturated rings. The van der Waals surface area contributed by atoms with Gasteiger partial charge >= 0.3 is 5.97 Å². The van der Waals surface area contributed by atoms with Gasteiger partial charge in [-0.2, -0.15) is 0 Å². The lowest BCUT2D eigenvalue weighted by atomic mass is 10.1. The summed E-state index contributed by atoms with van der Waals surface area (Å²) in [5.74, 6) is -0.618. The topological polar surface area (TPSA) is 61.8 Å². The van der Waals surface area contributed by atoms with E-state index in [1.54, 1.807) is 0 Å². The number of hydrogen-bond donors (Lipinski definition) is 2. The van der Waals surface area contributed by atoms with Crippen LogP contribution < -0.4 is 5.32 Å². The third kappa shape index (κ3) is 5.71. The van der Waals surface area contributed by atoms with Gasteiger partial charge in [0.05, 0.1) is 7.11 Å². The van der Waals surface area contributed by atoms with Crippen LogP contribution in [0.25, 0.3) is 0 Å². The van der Waals surface area contributed by atoms with E-state index in [0.717, 1.165) is 6.54 Å². The van der Waals surface area contributed by atoms with E-state index < -0.39 is 11.6 Å². The SMILES string of the molecule is COC(=O)C(C)(O)CNC(C)CN(C)C. The van der Waals surface area contributed by atoms with Crippen LogP contribution >= 0.6 is 0 Å². The molecule has 0 bridgehead atoms. The summed E-state index contributed by atoms with van der Waals surface area (Å²) >= 11 is 0. The Hall–Kier alpha value is -0.650. The molecule has 0 rings (SSSR count). The first-order valence-electron chi connectivity index (χ1n) is 4.98. The van der Waals surface area contributed by atoms with Gasteiger partial charge in [-0.3, -0.25) is 0 Å². The van der Waals surface area contributed by atoms with Crippen LogP contribution in [0.1, 0.15) is 13.8 Å². The van der Waals surface area contributed by atoms with Crippen LogP contribution in [0.5, 0.6) is 0 Å². The molecule has 5 nitrogen and oxygen atoms in total. The minimum absolute atomic E-state index is 0.189. The number of aliphatic hydroxyl groups is 1. The molecule has 5 heteroatoms. The molecule has 0 spiro atoms. The number of hydrogen-bond acceptors (Lipinski definition) is 5. The summed E-state index contributed by atoms with van der Waals surface area (Å²) in [6, 6.07) is 0.205. The molecule has 0 aromatic carbocycles. The highest BCUT2D eigenvalue weighted by Crippen LogP contribution is 2.04. The van der Waals surface area contributed by atoms with E-state index in [9.17, 15) is 9.90 Å². The molecule has 2 N–H and O–H groups in total. The second kappa shape index (κ2) is 6.05. The van der Waals surface area contributed by atoms with Crippen molar-refractivity contribution < 1.29 is 14.6 Å². The lowest BCUT2D eigenvalue weighted by molar-refractivity contribution is -0.160. The molecule has 2 unspecified atom stereocenters. The number of esters is 1. The summed E-state index contributed by atoms with van der Waals surface area (Å²) in [6.45, 7) is 4.47. The van der Waals surface area contributed by atoms with E-state index in [-0.39, 0.29) is 12.6 Å². The first-order chi connectivity index (χ1) is 6.79. The molecular formula is C10H22N2O3. The van der Waals surface area contributed by atoms with Crippen molar-refractivity contribution in [1.82, 2.24) is 10.2 Å². The molecule has 15 heavy (non-hydrogen) atoms. The third-order valence-electron chi connectivity index (χ3n) is 2.06. The molecular weight excluding hydrogens is 196 g/mol. The maximum atomic E-state index is 11.1. The largest absolute Gasteiger partial charge is 0.467 e. The molecule has 0 saturated carbocycles. The van der Waals surface area contributed by atoms with Crippen molar-refractivity contribution in [3.05, 3.63) is 0 Å². The number of nitrogens with zero attached hydrogens (tertiary/aromatic N) is 1. The van der Waals surface area contributed by atoms with Crippen molar-refractivity contribution in [3.63, 3.8) is 0 Å². The third-order valence-corrected chi connectivity index (χ3v) is 2.06. The monoisotopic (exact) mass is 218 g/mol. The number of carbonyl (C=O) groups is 1. The molecule has 0 aliphatic rings. The van der Waals surface area contributed by atoms with Crippen LogP contribution in [0.15, 0.2) is 0 Å². The highest BCUT2D eigenvalue weighted by Gasteiger charge is 2.31. The van der Waals surface area contributed by atoms with Crippen LogP contribution in [0.2, 0.25) is 0 Å². The number of methoxy groups -OCH3 is 1. The summed E-state index contributed by atoms with van der Waals surface area (Å²) in [7, 11) is 5.20. The summed E-state index contributed by atoms with van der Waals surface area (Å²) in [5, 5.41) is 12.8. The number of ether oxygens (including phenoxy) is 1. The van der Waals surface area contributed by atoms with Crippen molar-refractivity contribution in [2.75, 3.05) is 34.3 Å². The fraction of sp³-hybridized carbons (Fsp3) is 0.900. The van der Waals surface area contributed by atoms with Gasteiger partial charge in [-0.05, 0) is 27.9 Å². The molecule has 0 aromatic rings. The molecule has 2 atom stereocenters. The Morgan fingerprint density at radius 1 is 1.60 bits per heavy atom. The van der Waals surface area contributed by atoms with Crippen LogP contribution in [-0.4, -0.2) is 61.9 Å². The van der Waals surface area contributed by atoms with E-state index in [1.165, 1.54) is 14.0 Å². The molecule has 90 valence electrons. The van der Waals surface area contributed by atoms with Gasteiger partial charge in [0, 0.05) is 19.1 Å². The predicted molar refractivity (Wildman–Crippen MR) is 58.7 cm³/mol. The zero-order chi connectivity index (χ0) is 12.1. The van der Waals surface area contributed by atoms with E-state index >= 15 is 0 Å². The predicted octanol–water partition coefficient (Wildman–Crippen LogP) is -0.550. The standard InChI is InChI=1S/C10H22N2O3/c1-8(6-12(3)4)11-7-10(2,14)9(13)15-5/h8,11,14H,6-7H2,1-5H3. The van der Waals surface area contributed by atoms with Gasteiger partial charge < -0.3 is 20.1 Å². The maximum absolute atomic E-state index is 11.1. The van der Waals surface area contributed by atoms with Gasteiger partial charge in [0.15, 0.2) is 5.60 Å². The van der Waals surface area contributed by atoms with Crippen molar-refractivity contribution in [2.45, 2.75) is 25.5 Å². The number of rotatable bonds is 6. The highest BCUT2D eigenvalue weighted by molar-refractivity contribution is 5.78. The van der Waals surface area contributed by atoms with Crippen LogP contribution in [-0.2, 0) is 9.53 Å². The van der Waals surface area contributed by atoms with Gasteiger partial charge in [0.2, 0.25) is 0 Å². The average Bonchev–Trinajstić information content (AvgIpc) is 2.12. The van der Waals surface area contributed by atoms with Crippen LogP contribution in [0, 0.1) is 0 Å². The summed E-state index contributed by atoms with van der Waals surface area (Å²) in [5.41, 5.74) is -1.46. The molecule has 0 aromatic heterocycles. The fourth-order valence-electron chi connectivity index (χ4n) is 1.28. The fourth-order valence-corrected chi connectivity index (χ4v) is 1.28. The Labute approximate surface area is 91.4 Å². The lowest BCUT2D eigenvalue weighted by Crippen LogP contribution is -2.49. The Balaban J connectivity index is 3.98. The zero-order valence-corrected chi connectivity index (χ0v) is 10.2. The molecule has 0 heterocycles. The van der Waals surface area contributed by atoms with Crippen molar-refractivity contribution in [2.24, 2.45) is 0 Å². The van der Waals surface area contributed by atoms with Gasteiger partial charge in [0.25, 0.3) is 0 Å². The average molecular weight is 218 g/mol. The second-order valence-electron chi connectivity index (χ2n) is 4.31. The van der Waals surface area contributed by atoms with E-state index in [0.29, 0.717) is 0 Å². The van der Waals surface area contributed by atoms with Gasteiger partial charge in [-0.25, -0.2) is 4.79 Å². The lowest BCUT2D eigenvalue weighted by Gasteiger charge is -2.24. The molecule has 0 radical (unpaired) electrons. The van der Waals surface area contributed by atoms with Crippen molar-refractivity contribution in [1.29, 1.82) is 0 Å². The quantitative estimate of drug-likeness (QED) is 0.586. The minimum Gasteiger partial charge on any atom is -0.467 e. The van der Waals surface area contributed by atoms with Crippen molar-refractivity contribution in [3.8, 4) is 0 Å². The zero-order valence-electron chi connectivity index (χ0n) is 10.2. The van der Waals surface area contributed by atoms with E-state index in [1.807, 2.05) is 25.9 Å². The van der Waals surface area contributed by atoms with Crippen molar-refractivity contribution >= 4 is 5.97 Å². The summed E-state index contributed by atoms with van der Waals surface area (Å²) in [4.78, 5) is 13.2. The van der Waals surface area contributed by atoms with Crippen LogP contribution in [0.4, 0.5) is 0 Å². The Kier molecular flexibility index (Phi) is 5.79. The van der Waals surface area contributed by atoms with E-state index in [2.05, 4.69) is 10.1 Å². The Bertz CT molecular complexity index is 205. The molecule has 0 aliphatic carbocycles. The van der Waals surface area contributed by atoms with E-state index in [4.69, 9.17) is 0 Å². The first-order valence-corrected chi connectivity index (χ1v) is 4.98. The minimum atomic E-state index is -1.46. The molecule has 0 aliphatic heterocycles. The molecule has 0 amide bonds. The number of carbonyl (C=O) groups excluding carboxylic acids is 1. The highest BCUT2D eigenvalue weighted by atomic mass is 16.5. The maximum Gasteiger partial charge on any atom is 0.338 e. The molecule has 0 saturated heterocycles. The van der Waals surface area contributed by atoms with Gasteiger partial charge in [-0.1, -0.05) is 0 Å².